The van der Waals surface area contributed by atoms with Crippen LogP contribution in [0.1, 0.15) is 29.7 Å². The fourth-order valence-corrected chi connectivity index (χ4v) is 2.14. The summed E-state index contributed by atoms with van der Waals surface area (Å²) >= 11 is 5.88. The molecule has 0 saturated carbocycles. The molecule has 0 spiro atoms. The summed E-state index contributed by atoms with van der Waals surface area (Å²) in [6.45, 7) is 2.93. The van der Waals surface area contributed by atoms with Crippen molar-refractivity contribution in [1.82, 2.24) is 5.32 Å². The smallest absolute Gasteiger partial charge is 0.0685 e. The minimum atomic E-state index is 0.0766. The number of rotatable bonds is 5. The van der Waals surface area contributed by atoms with Crippen LogP contribution in [0.2, 0.25) is 5.02 Å². The minimum absolute atomic E-state index is 0.0766. The number of aliphatic hydroxyl groups is 1. The summed E-state index contributed by atoms with van der Waals surface area (Å²) in [4.78, 5) is 0. The maximum absolute atomic E-state index is 9.29. The van der Waals surface area contributed by atoms with Gasteiger partial charge < -0.3 is 10.4 Å². The molecule has 2 aromatic carbocycles. The van der Waals surface area contributed by atoms with Gasteiger partial charge in [0.25, 0.3) is 0 Å². The lowest BCUT2D eigenvalue weighted by Gasteiger charge is -2.16. The molecule has 0 saturated heterocycles. The maximum atomic E-state index is 9.29. The second-order valence-corrected chi connectivity index (χ2v) is 5.02. The topological polar surface area (TPSA) is 32.3 Å². The van der Waals surface area contributed by atoms with E-state index in [0.29, 0.717) is 0 Å². The largest absolute Gasteiger partial charge is 0.392 e. The first kappa shape index (κ1) is 14.1. The lowest BCUT2D eigenvalue weighted by atomic mass is 10.1. The van der Waals surface area contributed by atoms with Crippen LogP contribution in [-0.2, 0) is 13.2 Å². The summed E-state index contributed by atoms with van der Waals surface area (Å²) in [7, 11) is 0. The molecule has 0 heterocycles. The van der Waals surface area contributed by atoms with Crippen molar-refractivity contribution in [2.45, 2.75) is 26.1 Å². The number of halogens is 1. The average Bonchev–Trinajstić information content (AvgIpc) is 2.45. The van der Waals surface area contributed by atoms with Crippen molar-refractivity contribution in [3.05, 3.63) is 70.2 Å². The van der Waals surface area contributed by atoms with Crippen molar-refractivity contribution in [2.75, 3.05) is 0 Å². The highest BCUT2D eigenvalue weighted by atomic mass is 35.5. The van der Waals surface area contributed by atoms with Crippen LogP contribution in [0.5, 0.6) is 0 Å². The quantitative estimate of drug-likeness (QED) is 0.872. The van der Waals surface area contributed by atoms with Crippen molar-refractivity contribution in [1.29, 1.82) is 0 Å². The number of nitrogens with one attached hydrogen (secondary N) is 1. The Morgan fingerprint density at radius 1 is 1.05 bits per heavy atom. The van der Waals surface area contributed by atoms with E-state index in [9.17, 15) is 5.11 Å². The molecule has 2 nitrogen and oxygen atoms in total. The number of benzene rings is 2. The van der Waals surface area contributed by atoms with Crippen LogP contribution < -0.4 is 5.32 Å². The molecule has 2 N–H and O–H groups in total. The maximum Gasteiger partial charge on any atom is 0.0685 e. The van der Waals surface area contributed by atoms with Gasteiger partial charge in [0.05, 0.1) is 6.61 Å². The monoisotopic (exact) mass is 275 g/mol. The van der Waals surface area contributed by atoms with E-state index < -0.39 is 0 Å². The van der Waals surface area contributed by atoms with Gasteiger partial charge in [-0.05, 0) is 35.7 Å². The van der Waals surface area contributed by atoms with E-state index in [2.05, 4.69) is 12.2 Å². The van der Waals surface area contributed by atoms with Gasteiger partial charge in [-0.2, -0.15) is 0 Å². The summed E-state index contributed by atoms with van der Waals surface area (Å²) in [5, 5.41) is 13.5. The first-order valence-corrected chi connectivity index (χ1v) is 6.75. The molecule has 0 amide bonds. The molecule has 100 valence electrons. The van der Waals surface area contributed by atoms with Gasteiger partial charge in [0, 0.05) is 17.6 Å². The number of aliphatic hydroxyl groups excluding tert-OH is 1. The Morgan fingerprint density at radius 3 is 2.32 bits per heavy atom. The Balaban J connectivity index is 2.00. The molecular weight excluding hydrogens is 258 g/mol. The summed E-state index contributed by atoms with van der Waals surface area (Å²) in [6, 6.07) is 16.0. The van der Waals surface area contributed by atoms with Crippen molar-refractivity contribution in [3.63, 3.8) is 0 Å². The van der Waals surface area contributed by atoms with Crippen molar-refractivity contribution >= 4 is 11.6 Å². The second kappa shape index (κ2) is 6.71. The van der Waals surface area contributed by atoms with Crippen LogP contribution in [0, 0.1) is 0 Å². The van der Waals surface area contributed by atoms with Crippen molar-refractivity contribution in [3.8, 4) is 0 Å². The van der Waals surface area contributed by atoms with Crippen LogP contribution in [0.4, 0.5) is 0 Å². The normalized spacial score (nSPS) is 12.4. The Hall–Kier alpha value is -1.35. The van der Waals surface area contributed by atoms with Crippen LogP contribution in [0.3, 0.4) is 0 Å². The Morgan fingerprint density at radius 2 is 1.68 bits per heavy atom. The predicted molar refractivity (Wildman–Crippen MR) is 79.1 cm³/mol. The summed E-state index contributed by atoms with van der Waals surface area (Å²) in [5.41, 5.74) is 3.30. The first-order valence-electron chi connectivity index (χ1n) is 6.37. The highest BCUT2D eigenvalue weighted by molar-refractivity contribution is 6.30. The fourth-order valence-electron chi connectivity index (χ4n) is 2.02. The molecule has 0 aliphatic rings. The molecule has 0 radical (unpaired) electrons. The minimum Gasteiger partial charge on any atom is -0.392 e. The second-order valence-electron chi connectivity index (χ2n) is 4.58. The van der Waals surface area contributed by atoms with E-state index in [0.717, 1.165) is 22.7 Å². The van der Waals surface area contributed by atoms with Crippen LogP contribution in [0.25, 0.3) is 0 Å². The highest BCUT2D eigenvalue weighted by Gasteiger charge is 2.06. The van der Waals surface area contributed by atoms with Gasteiger partial charge >= 0.3 is 0 Å². The van der Waals surface area contributed by atoms with Gasteiger partial charge in [0.15, 0.2) is 0 Å². The molecule has 0 bridgehead atoms. The molecule has 3 heteroatoms. The van der Waals surface area contributed by atoms with E-state index in [-0.39, 0.29) is 12.6 Å². The molecule has 0 aromatic heterocycles. The molecule has 1 unspecified atom stereocenters. The molecule has 0 fully saturated rings. The Bertz CT molecular complexity index is 525. The summed E-state index contributed by atoms with van der Waals surface area (Å²) < 4.78 is 0. The summed E-state index contributed by atoms with van der Waals surface area (Å²) in [6.07, 6.45) is 0. The lowest BCUT2D eigenvalue weighted by Crippen LogP contribution is -2.18. The molecule has 2 aromatic rings. The van der Waals surface area contributed by atoms with E-state index in [1.165, 1.54) is 5.56 Å². The molecular formula is C16H18ClNO. The summed E-state index contributed by atoms with van der Waals surface area (Å²) in [5.74, 6) is 0. The third-order valence-corrected chi connectivity index (χ3v) is 3.51. The van der Waals surface area contributed by atoms with E-state index in [4.69, 9.17) is 11.6 Å². The van der Waals surface area contributed by atoms with Gasteiger partial charge in [0.1, 0.15) is 0 Å². The average molecular weight is 276 g/mol. The third kappa shape index (κ3) is 3.80. The standard InChI is InChI=1S/C16H18ClNO/c1-12(13-6-8-16(17)9-7-13)18-10-14-4-2-3-5-15(14)11-19/h2-9,12,18-19H,10-11H2,1H3. The van der Waals surface area contributed by atoms with Gasteiger partial charge in [-0.1, -0.05) is 48.0 Å². The zero-order valence-corrected chi connectivity index (χ0v) is 11.7. The lowest BCUT2D eigenvalue weighted by molar-refractivity contribution is 0.280. The molecule has 0 aliphatic heterocycles. The zero-order valence-electron chi connectivity index (χ0n) is 10.9. The van der Waals surface area contributed by atoms with Gasteiger partial charge in [0.2, 0.25) is 0 Å². The number of hydrogen-bond donors (Lipinski definition) is 2. The Kier molecular flexibility index (Phi) is 4.97. The van der Waals surface area contributed by atoms with Gasteiger partial charge in [-0.15, -0.1) is 0 Å². The Labute approximate surface area is 119 Å². The predicted octanol–water partition coefficient (Wildman–Crippen LogP) is 3.68. The molecule has 19 heavy (non-hydrogen) atoms. The van der Waals surface area contributed by atoms with Crippen LogP contribution in [0.15, 0.2) is 48.5 Å². The van der Waals surface area contributed by atoms with Gasteiger partial charge in [-0.3, -0.25) is 0 Å². The zero-order chi connectivity index (χ0) is 13.7. The van der Waals surface area contributed by atoms with Crippen molar-refractivity contribution in [2.24, 2.45) is 0 Å². The molecule has 0 aliphatic carbocycles. The van der Waals surface area contributed by atoms with E-state index in [1.807, 2.05) is 48.5 Å². The molecule has 2 rings (SSSR count). The van der Waals surface area contributed by atoms with Crippen molar-refractivity contribution < 1.29 is 5.11 Å². The highest BCUT2D eigenvalue weighted by Crippen LogP contribution is 2.17. The van der Waals surface area contributed by atoms with Crippen LogP contribution >= 0.6 is 11.6 Å². The number of hydrogen-bond acceptors (Lipinski definition) is 2. The molecule has 1 atom stereocenters. The fraction of sp³-hybridized carbons (Fsp3) is 0.250. The third-order valence-electron chi connectivity index (χ3n) is 3.26. The first-order chi connectivity index (χ1) is 9.20. The van der Waals surface area contributed by atoms with Gasteiger partial charge in [-0.25, -0.2) is 0 Å². The van der Waals surface area contributed by atoms with E-state index >= 15 is 0 Å². The van der Waals surface area contributed by atoms with Crippen LogP contribution in [-0.4, -0.2) is 5.11 Å². The SMILES string of the molecule is CC(NCc1ccccc1CO)c1ccc(Cl)cc1. The van der Waals surface area contributed by atoms with E-state index in [1.54, 1.807) is 0 Å².